The number of hydrogen-bond acceptors (Lipinski definition) is 7. The molecule has 55 heavy (non-hydrogen) atoms. The van der Waals surface area contributed by atoms with Crippen LogP contribution >= 0.6 is 0 Å². The summed E-state index contributed by atoms with van der Waals surface area (Å²) in [6.45, 7) is 13.1. The average molecular weight is 748 g/mol. The van der Waals surface area contributed by atoms with Gasteiger partial charge in [-0.3, -0.25) is 23.7 Å². The Labute approximate surface area is 316 Å². The first kappa shape index (κ1) is 38.2. The number of imidazole rings is 2. The van der Waals surface area contributed by atoms with Crippen LogP contribution in [0, 0.1) is 13.8 Å². The molecule has 0 bridgehead atoms. The molecule has 0 saturated carbocycles. The lowest BCUT2D eigenvalue weighted by Crippen LogP contribution is -2.28. The fourth-order valence-corrected chi connectivity index (χ4v) is 6.77. The Morgan fingerprint density at radius 2 is 1.09 bits per heavy atom. The molecule has 2 N–H and O–H groups in total. The first-order valence-corrected chi connectivity index (χ1v) is 17.9. The minimum absolute atomic E-state index is 0.326. The van der Waals surface area contributed by atoms with E-state index < -0.39 is 23.7 Å². The Hall–Kier alpha value is -6.58. The van der Waals surface area contributed by atoms with Crippen molar-refractivity contribution < 1.29 is 23.9 Å². The average Bonchev–Trinajstić information content (AvgIpc) is 3.89. The molecule has 3 amide bonds. The van der Waals surface area contributed by atoms with E-state index in [1.54, 1.807) is 75.1 Å². The number of rotatable bonds is 10. The Balaban J connectivity index is 1.50. The fourth-order valence-electron chi connectivity index (χ4n) is 6.77. The predicted octanol–water partition coefficient (Wildman–Crippen LogP) is 3.73. The van der Waals surface area contributed by atoms with Gasteiger partial charge >= 0.3 is 5.97 Å². The van der Waals surface area contributed by atoms with Crippen LogP contribution in [0.25, 0.3) is 22.1 Å². The maximum Gasteiger partial charge on any atom is 0.337 e. The first-order chi connectivity index (χ1) is 26.2. The fraction of sp³-hybridized carbons (Fsp3) is 0.333. The zero-order valence-electron chi connectivity index (χ0n) is 32.5. The number of aromatic nitrogens is 8. The van der Waals surface area contributed by atoms with Crippen molar-refractivity contribution in [3.8, 4) is 0 Å². The number of carbonyl (C=O) groups is 4. The van der Waals surface area contributed by atoms with Gasteiger partial charge in [0.2, 0.25) is 17.1 Å². The minimum atomic E-state index is -0.571. The summed E-state index contributed by atoms with van der Waals surface area (Å²) in [5.41, 5.74) is 13.9. The van der Waals surface area contributed by atoms with Crippen molar-refractivity contribution in [3.63, 3.8) is 0 Å². The molecular weight excluding hydrogens is 703 g/mol. The number of primary amides is 1. The van der Waals surface area contributed by atoms with E-state index in [0.29, 0.717) is 82.4 Å². The highest BCUT2D eigenvalue weighted by Crippen LogP contribution is 2.21. The smallest absolute Gasteiger partial charge is 0.337 e. The highest BCUT2D eigenvalue weighted by Gasteiger charge is 2.20. The Kier molecular flexibility index (Phi) is 10.4. The van der Waals surface area contributed by atoms with Crippen LogP contribution in [0.3, 0.4) is 0 Å². The highest BCUT2D eigenvalue weighted by molar-refractivity contribution is 5.97. The second-order valence-electron chi connectivity index (χ2n) is 13.5. The molecule has 0 aliphatic carbocycles. The summed E-state index contributed by atoms with van der Waals surface area (Å²) < 4.78 is 15.6. The van der Waals surface area contributed by atoms with Gasteiger partial charge in [-0.15, -0.1) is 0 Å². The van der Waals surface area contributed by atoms with Crippen LogP contribution in [-0.2, 0) is 45.0 Å². The van der Waals surface area contributed by atoms with Crippen LogP contribution in [0.5, 0.6) is 0 Å². The summed E-state index contributed by atoms with van der Waals surface area (Å²) in [6.07, 6.45) is 0. The van der Waals surface area contributed by atoms with Crippen LogP contribution < -0.4 is 17.0 Å². The Morgan fingerprint density at radius 1 is 0.673 bits per heavy atom. The molecule has 16 nitrogen and oxygen atoms in total. The number of fused-ring (bicyclic) bond motifs is 2. The molecule has 0 unspecified atom stereocenters. The van der Waals surface area contributed by atoms with Crippen molar-refractivity contribution >= 4 is 45.8 Å². The van der Waals surface area contributed by atoms with Crippen molar-refractivity contribution in [2.45, 2.75) is 67.7 Å². The van der Waals surface area contributed by atoms with Gasteiger partial charge in [-0.25, -0.2) is 4.79 Å². The van der Waals surface area contributed by atoms with Crippen molar-refractivity contribution in [1.29, 1.82) is 0 Å². The van der Waals surface area contributed by atoms with Gasteiger partial charge in [0.15, 0.2) is 0 Å². The van der Waals surface area contributed by atoms with Gasteiger partial charge in [0.1, 0.15) is 11.4 Å². The van der Waals surface area contributed by atoms with E-state index in [4.69, 9.17) is 10.5 Å². The molecule has 0 saturated heterocycles. The monoisotopic (exact) mass is 747 g/mol. The maximum absolute atomic E-state index is 13.7. The number of allylic oxidation sites excluding steroid dienone is 2. The van der Waals surface area contributed by atoms with Crippen LogP contribution in [0.1, 0.15) is 80.8 Å². The standard InChI is InChI=1S/C39H45N11O5/c1-10-49-32(16-24(5)43-49)35(52)41-38-45(7)30-18-26(34(40)51)12-14-28(30)47(38)20-22(3)23(4)21-48-29-15-13-27(37(54)55-9)19-31(29)46(8)39(48)42-36(53)33-17-25(6)44-50(33)11-2/h12-19H,10-11,20-21H2,1-9H3,(H2,40,51)/b23-22+,41-38+,42-39+. The third-order valence-corrected chi connectivity index (χ3v) is 9.81. The van der Waals surface area contributed by atoms with Gasteiger partial charge in [0, 0.05) is 45.8 Å². The summed E-state index contributed by atoms with van der Waals surface area (Å²) >= 11 is 0. The number of nitrogens with two attached hydrogens (primary N) is 1. The van der Waals surface area contributed by atoms with E-state index in [-0.39, 0.29) is 0 Å². The van der Waals surface area contributed by atoms with Gasteiger partial charge in [0.05, 0.1) is 46.1 Å². The van der Waals surface area contributed by atoms with Crippen LogP contribution in [0.15, 0.2) is 69.7 Å². The second kappa shape index (κ2) is 15.0. The molecular formula is C39H45N11O5. The third-order valence-electron chi connectivity index (χ3n) is 9.81. The van der Waals surface area contributed by atoms with Crippen LogP contribution in [0.2, 0.25) is 0 Å². The Morgan fingerprint density at radius 3 is 1.49 bits per heavy atom. The number of hydrogen-bond donors (Lipinski definition) is 1. The molecule has 0 atom stereocenters. The highest BCUT2D eigenvalue weighted by atomic mass is 16.5. The number of benzene rings is 2. The van der Waals surface area contributed by atoms with Crippen molar-refractivity contribution in [2.75, 3.05) is 7.11 Å². The van der Waals surface area contributed by atoms with Gasteiger partial charge in [0.25, 0.3) is 11.8 Å². The summed E-state index contributed by atoms with van der Waals surface area (Å²) in [5.74, 6) is -1.96. The van der Waals surface area contributed by atoms with Gasteiger partial charge < -0.3 is 28.7 Å². The molecule has 286 valence electrons. The van der Waals surface area contributed by atoms with E-state index in [1.165, 1.54) is 7.11 Å². The van der Waals surface area contributed by atoms with E-state index in [0.717, 1.165) is 22.2 Å². The number of nitrogens with zero attached hydrogens (tertiary/aromatic N) is 10. The second-order valence-corrected chi connectivity index (χ2v) is 13.5. The largest absolute Gasteiger partial charge is 0.465 e. The summed E-state index contributed by atoms with van der Waals surface area (Å²) in [4.78, 5) is 61.3. The van der Waals surface area contributed by atoms with Crippen molar-refractivity contribution in [3.05, 3.63) is 105 Å². The molecule has 4 heterocycles. The van der Waals surface area contributed by atoms with Crippen LogP contribution in [0.4, 0.5) is 0 Å². The number of ether oxygens (including phenoxy) is 1. The normalized spacial score (nSPS) is 12.9. The molecule has 0 fully saturated rings. The van der Waals surface area contributed by atoms with E-state index in [1.807, 2.05) is 56.7 Å². The molecule has 6 aromatic rings. The van der Waals surface area contributed by atoms with Crippen molar-refractivity contribution in [2.24, 2.45) is 29.8 Å². The van der Waals surface area contributed by atoms with Crippen molar-refractivity contribution in [1.82, 2.24) is 37.8 Å². The molecule has 0 spiro atoms. The molecule has 0 radical (unpaired) electrons. The Bertz CT molecular complexity index is 2720. The van der Waals surface area contributed by atoms with Gasteiger partial charge in [-0.1, -0.05) is 11.1 Å². The molecule has 2 aromatic carbocycles. The number of methoxy groups -OCH3 is 1. The van der Waals surface area contributed by atoms with Crippen LogP contribution in [-0.4, -0.2) is 68.6 Å². The zero-order chi connectivity index (χ0) is 39.9. The van der Waals surface area contributed by atoms with Gasteiger partial charge in [-0.2, -0.15) is 20.2 Å². The zero-order valence-corrected chi connectivity index (χ0v) is 32.5. The summed E-state index contributed by atoms with van der Waals surface area (Å²) in [7, 11) is 4.91. The molecule has 0 aliphatic heterocycles. The first-order valence-electron chi connectivity index (χ1n) is 17.9. The minimum Gasteiger partial charge on any atom is -0.465 e. The van der Waals surface area contributed by atoms with E-state index in [2.05, 4.69) is 20.2 Å². The molecule has 4 aromatic heterocycles. The maximum atomic E-state index is 13.7. The number of esters is 1. The predicted molar refractivity (Wildman–Crippen MR) is 205 cm³/mol. The third kappa shape index (κ3) is 7.10. The SMILES string of the molecule is CCn1nc(C)cc1C(=O)/N=c1\n(C)c2cc(C(N)=O)ccc2n1C/C(C)=C(\C)Cn1/c(=N/C(=O)c2cc(C)nn2CC)n(C)c2cc(C(=O)OC)ccc21. The van der Waals surface area contributed by atoms with E-state index in [9.17, 15) is 19.2 Å². The number of aryl methyl sites for hydroxylation is 6. The number of amides is 3. The molecule has 16 heteroatoms. The number of carbonyl (C=O) groups excluding carboxylic acids is 4. The summed E-state index contributed by atoms with van der Waals surface area (Å²) in [5, 5.41) is 8.84. The van der Waals surface area contributed by atoms with Gasteiger partial charge in [-0.05, 0) is 90.1 Å². The molecule has 6 rings (SSSR count). The molecule has 0 aliphatic rings. The van der Waals surface area contributed by atoms with E-state index >= 15 is 0 Å². The lowest BCUT2D eigenvalue weighted by molar-refractivity contribution is 0.0600. The quantitative estimate of drug-likeness (QED) is 0.164. The lowest BCUT2D eigenvalue weighted by atomic mass is 10.1. The summed E-state index contributed by atoms with van der Waals surface area (Å²) in [6, 6.07) is 13.8. The lowest BCUT2D eigenvalue weighted by Gasteiger charge is -2.12. The topological polar surface area (TPSA) is 184 Å².